The van der Waals surface area contributed by atoms with Crippen molar-refractivity contribution in [3.8, 4) is 16.9 Å². The number of Topliss-reactive ketones (excluding diaryl/α,β-unsaturated/α-hetero) is 1. The van der Waals surface area contributed by atoms with Crippen molar-refractivity contribution in [1.82, 2.24) is 4.90 Å². The van der Waals surface area contributed by atoms with E-state index in [0.29, 0.717) is 30.8 Å². The molecule has 5 nitrogen and oxygen atoms in total. The van der Waals surface area contributed by atoms with Crippen molar-refractivity contribution >= 4 is 11.9 Å². The normalized spacial score (nSPS) is 22.5. The molecule has 0 aromatic heterocycles. The van der Waals surface area contributed by atoms with Crippen LogP contribution in [0.2, 0.25) is 0 Å². The lowest BCUT2D eigenvalue weighted by atomic mass is 9.76. The summed E-state index contributed by atoms with van der Waals surface area (Å²) in [6.07, 6.45) is 4.07. The highest BCUT2D eigenvalue weighted by Crippen LogP contribution is 2.45. The number of methoxy groups -OCH3 is 1. The van der Waals surface area contributed by atoms with E-state index in [2.05, 4.69) is 36.4 Å². The molecule has 2 atom stereocenters. The maximum absolute atomic E-state index is 13.4. The van der Waals surface area contributed by atoms with E-state index >= 15 is 0 Å². The molecule has 0 saturated carbocycles. The molecule has 1 aliphatic carbocycles. The standard InChI is InChI=1S/C31H31NO4/c1-35-24-11-6-8-20(18-24)30(33)21-16-22-9-7-10-23(17-21)32(22)31(34)36-19-29-27-14-4-2-12-25(27)26-13-3-5-15-28(26)29/h2-6,8,11-15,18,21-23,29H,7,9-10,16-17,19H2,1H3. The van der Waals surface area contributed by atoms with Crippen LogP contribution in [0.5, 0.6) is 5.75 Å². The third kappa shape index (κ3) is 3.97. The van der Waals surface area contributed by atoms with Gasteiger partial charge in [-0.1, -0.05) is 60.7 Å². The van der Waals surface area contributed by atoms with E-state index in [1.165, 1.54) is 22.3 Å². The second kappa shape index (κ2) is 9.45. The Balaban J connectivity index is 1.16. The summed E-state index contributed by atoms with van der Waals surface area (Å²) in [6.45, 7) is 0.328. The molecule has 2 aliphatic heterocycles. The molecule has 0 radical (unpaired) electrons. The summed E-state index contributed by atoms with van der Waals surface area (Å²) in [5.41, 5.74) is 5.57. The van der Waals surface area contributed by atoms with Crippen molar-refractivity contribution in [2.45, 2.75) is 50.1 Å². The largest absolute Gasteiger partial charge is 0.497 e. The van der Waals surface area contributed by atoms with Crippen LogP contribution in [0.1, 0.15) is 59.5 Å². The number of benzene rings is 3. The zero-order chi connectivity index (χ0) is 24.6. The molecule has 2 saturated heterocycles. The molecular formula is C31H31NO4. The van der Waals surface area contributed by atoms with Gasteiger partial charge in [-0.15, -0.1) is 0 Å². The minimum atomic E-state index is -0.237. The van der Waals surface area contributed by atoms with Crippen LogP contribution < -0.4 is 4.74 Å². The van der Waals surface area contributed by atoms with Crippen molar-refractivity contribution in [3.05, 3.63) is 89.5 Å². The number of ketones is 1. The summed E-state index contributed by atoms with van der Waals surface area (Å²) in [5.74, 6) is 0.813. The topological polar surface area (TPSA) is 55.8 Å². The van der Waals surface area contributed by atoms with Gasteiger partial charge in [-0.25, -0.2) is 4.79 Å². The van der Waals surface area contributed by atoms with Crippen molar-refractivity contribution < 1.29 is 19.1 Å². The fourth-order valence-electron chi connectivity index (χ4n) is 6.57. The average molecular weight is 482 g/mol. The van der Waals surface area contributed by atoms with Crippen molar-refractivity contribution in [1.29, 1.82) is 0 Å². The maximum Gasteiger partial charge on any atom is 0.410 e. The van der Waals surface area contributed by atoms with Crippen LogP contribution in [0.15, 0.2) is 72.8 Å². The molecule has 2 heterocycles. The SMILES string of the molecule is COc1cccc(C(=O)C2CC3CCCC(C2)N3C(=O)OCC2c3ccccc3-c3ccccc32)c1. The van der Waals surface area contributed by atoms with Crippen molar-refractivity contribution in [3.63, 3.8) is 0 Å². The van der Waals surface area contributed by atoms with E-state index in [-0.39, 0.29) is 35.8 Å². The Hall–Kier alpha value is -3.60. The minimum absolute atomic E-state index is 0.0488. The van der Waals surface area contributed by atoms with Gasteiger partial charge in [0.05, 0.1) is 7.11 Å². The van der Waals surface area contributed by atoms with E-state index in [1.54, 1.807) is 7.11 Å². The van der Waals surface area contributed by atoms with Gasteiger partial charge in [0.25, 0.3) is 0 Å². The monoisotopic (exact) mass is 481 g/mol. The first-order chi connectivity index (χ1) is 17.6. The summed E-state index contributed by atoms with van der Waals surface area (Å²) in [4.78, 5) is 28.7. The molecule has 1 amide bonds. The van der Waals surface area contributed by atoms with Crippen LogP contribution in [-0.2, 0) is 4.74 Å². The lowest BCUT2D eigenvalue weighted by Crippen LogP contribution is -2.55. The number of nitrogens with zero attached hydrogens (tertiary/aromatic N) is 1. The summed E-state index contributed by atoms with van der Waals surface area (Å²) < 4.78 is 11.3. The Labute approximate surface area is 212 Å². The Morgan fingerprint density at radius 3 is 2.14 bits per heavy atom. The van der Waals surface area contributed by atoms with E-state index in [1.807, 2.05) is 41.3 Å². The van der Waals surface area contributed by atoms with E-state index in [9.17, 15) is 9.59 Å². The third-order valence-electron chi connectivity index (χ3n) is 8.25. The molecule has 2 bridgehead atoms. The Morgan fingerprint density at radius 1 is 0.861 bits per heavy atom. The van der Waals surface area contributed by atoms with Crippen LogP contribution in [0, 0.1) is 5.92 Å². The van der Waals surface area contributed by atoms with E-state index < -0.39 is 0 Å². The lowest BCUT2D eigenvalue weighted by Gasteiger charge is -2.47. The zero-order valence-electron chi connectivity index (χ0n) is 20.6. The molecule has 2 fully saturated rings. The zero-order valence-corrected chi connectivity index (χ0v) is 20.6. The number of piperidine rings is 2. The number of fused-ring (bicyclic) bond motifs is 5. The lowest BCUT2D eigenvalue weighted by molar-refractivity contribution is 0.00651. The first kappa shape index (κ1) is 22.8. The number of amides is 1. The molecule has 184 valence electrons. The quantitative estimate of drug-likeness (QED) is 0.393. The predicted octanol–water partition coefficient (Wildman–Crippen LogP) is 6.46. The Morgan fingerprint density at radius 2 is 1.50 bits per heavy atom. The van der Waals surface area contributed by atoms with Crippen molar-refractivity contribution in [2.75, 3.05) is 13.7 Å². The summed E-state index contributed by atoms with van der Waals surface area (Å²) in [7, 11) is 1.61. The van der Waals surface area contributed by atoms with Gasteiger partial charge in [-0.2, -0.15) is 0 Å². The molecular weight excluding hydrogens is 450 g/mol. The first-order valence-corrected chi connectivity index (χ1v) is 13.0. The van der Waals surface area contributed by atoms with Gasteiger partial charge in [0.2, 0.25) is 0 Å². The highest BCUT2D eigenvalue weighted by Gasteiger charge is 2.44. The van der Waals surface area contributed by atoms with Gasteiger partial charge in [-0.3, -0.25) is 4.79 Å². The summed E-state index contributed by atoms with van der Waals surface area (Å²) in [5, 5.41) is 0. The fraction of sp³-hybridized carbons (Fsp3) is 0.355. The van der Waals surface area contributed by atoms with Gasteiger partial charge < -0.3 is 14.4 Å². The number of rotatable bonds is 5. The molecule has 6 rings (SSSR count). The molecule has 3 aliphatic rings. The van der Waals surface area contributed by atoms with Gasteiger partial charge in [0.1, 0.15) is 12.4 Å². The first-order valence-electron chi connectivity index (χ1n) is 13.0. The van der Waals surface area contributed by atoms with Gasteiger partial charge in [0.15, 0.2) is 5.78 Å². The van der Waals surface area contributed by atoms with Crippen LogP contribution >= 0.6 is 0 Å². The average Bonchev–Trinajstić information content (AvgIpc) is 3.24. The number of hydrogen-bond acceptors (Lipinski definition) is 4. The smallest absolute Gasteiger partial charge is 0.410 e. The number of hydrogen-bond donors (Lipinski definition) is 0. The van der Waals surface area contributed by atoms with Gasteiger partial charge in [0, 0.05) is 29.5 Å². The molecule has 36 heavy (non-hydrogen) atoms. The fourth-order valence-corrected chi connectivity index (χ4v) is 6.57. The molecule has 0 spiro atoms. The van der Waals surface area contributed by atoms with Gasteiger partial charge in [-0.05, 0) is 66.5 Å². The van der Waals surface area contributed by atoms with Crippen molar-refractivity contribution in [2.24, 2.45) is 5.92 Å². The molecule has 5 heteroatoms. The molecule has 0 N–H and O–H groups in total. The highest BCUT2D eigenvalue weighted by molar-refractivity contribution is 5.98. The minimum Gasteiger partial charge on any atom is -0.497 e. The highest BCUT2D eigenvalue weighted by atomic mass is 16.6. The van der Waals surface area contributed by atoms with Crippen LogP contribution in [0.25, 0.3) is 11.1 Å². The third-order valence-corrected chi connectivity index (χ3v) is 8.25. The van der Waals surface area contributed by atoms with Crippen LogP contribution in [0.4, 0.5) is 4.79 Å². The van der Waals surface area contributed by atoms with Crippen LogP contribution in [-0.4, -0.2) is 42.6 Å². The molecule has 3 aromatic rings. The molecule has 3 aromatic carbocycles. The van der Waals surface area contributed by atoms with E-state index in [4.69, 9.17) is 9.47 Å². The predicted molar refractivity (Wildman–Crippen MR) is 138 cm³/mol. The Bertz CT molecular complexity index is 1240. The maximum atomic E-state index is 13.4. The second-order valence-electron chi connectivity index (χ2n) is 10.2. The molecule has 2 unspecified atom stereocenters. The number of carbonyl (C=O) groups is 2. The summed E-state index contributed by atoms with van der Waals surface area (Å²) >= 11 is 0. The number of carbonyl (C=O) groups excluding carboxylic acids is 2. The second-order valence-corrected chi connectivity index (χ2v) is 10.2. The number of ether oxygens (including phenoxy) is 2. The van der Waals surface area contributed by atoms with E-state index in [0.717, 1.165) is 19.3 Å². The van der Waals surface area contributed by atoms with Gasteiger partial charge >= 0.3 is 6.09 Å². The summed E-state index contributed by atoms with van der Waals surface area (Å²) in [6, 6.07) is 24.3. The Kier molecular flexibility index (Phi) is 6.00. The van der Waals surface area contributed by atoms with Crippen LogP contribution in [0.3, 0.4) is 0 Å².